The van der Waals surface area contributed by atoms with Crippen LogP contribution in [0, 0.1) is 11.3 Å². The van der Waals surface area contributed by atoms with Gasteiger partial charge >= 0.3 is 0 Å². The van der Waals surface area contributed by atoms with Crippen LogP contribution in [0.25, 0.3) is 11.0 Å². The molecule has 0 saturated carbocycles. The smallest absolute Gasteiger partial charge is 0.286 e. The number of nitrogens with zero attached hydrogens (tertiary/aromatic N) is 4. The van der Waals surface area contributed by atoms with E-state index in [9.17, 15) is 10.1 Å². The average Bonchev–Trinajstić information content (AvgIpc) is 3.12. The van der Waals surface area contributed by atoms with Crippen LogP contribution < -0.4 is 5.56 Å². The van der Waals surface area contributed by atoms with Crippen molar-refractivity contribution >= 4 is 22.6 Å². The molecule has 2 aromatic heterocycles. The fourth-order valence-electron chi connectivity index (χ4n) is 2.94. The Kier molecular flexibility index (Phi) is 4.45. The van der Waals surface area contributed by atoms with Gasteiger partial charge in [0, 0.05) is 5.56 Å². The quantitative estimate of drug-likeness (QED) is 0.591. The second-order valence-electron chi connectivity index (χ2n) is 6.06. The van der Waals surface area contributed by atoms with Gasteiger partial charge in [-0.25, -0.2) is 9.67 Å². The third kappa shape index (κ3) is 3.21. The van der Waals surface area contributed by atoms with Gasteiger partial charge in [0.2, 0.25) is 0 Å². The maximum absolute atomic E-state index is 12.6. The topological polar surface area (TPSA) is 87.4 Å². The monoisotopic (exact) mass is 375 g/mol. The van der Waals surface area contributed by atoms with Gasteiger partial charge in [0.05, 0.1) is 29.8 Å². The van der Waals surface area contributed by atoms with Gasteiger partial charge in [-0.15, -0.1) is 0 Å². The molecule has 0 amide bonds. The Bertz CT molecular complexity index is 1170. The molecular weight excluding hydrogens is 362 g/mol. The normalized spacial score (nSPS) is 12.0. The number of fused-ring (bicyclic) bond motifs is 1. The zero-order valence-electron chi connectivity index (χ0n) is 14.1. The van der Waals surface area contributed by atoms with Crippen LogP contribution in [0.2, 0.25) is 5.02 Å². The van der Waals surface area contributed by atoms with Crippen molar-refractivity contribution in [2.45, 2.75) is 12.5 Å². The molecule has 0 aliphatic carbocycles. The minimum absolute atomic E-state index is 0.0204. The second-order valence-corrected chi connectivity index (χ2v) is 6.44. The van der Waals surface area contributed by atoms with E-state index in [1.807, 2.05) is 54.6 Å². The Hall–Kier alpha value is -3.43. The van der Waals surface area contributed by atoms with Crippen molar-refractivity contribution in [1.29, 1.82) is 5.26 Å². The number of halogens is 1. The van der Waals surface area contributed by atoms with E-state index in [-0.39, 0.29) is 5.02 Å². The molecule has 4 aromatic rings. The molecule has 1 atom stereocenters. The first-order valence-electron chi connectivity index (χ1n) is 8.31. The molecule has 1 N–H and O–H groups in total. The summed E-state index contributed by atoms with van der Waals surface area (Å²) < 4.78 is 1.29. The van der Waals surface area contributed by atoms with Gasteiger partial charge in [-0.05, 0) is 17.7 Å². The first-order valence-corrected chi connectivity index (χ1v) is 8.69. The highest BCUT2D eigenvalue weighted by Crippen LogP contribution is 2.27. The number of aromatic nitrogens is 4. The number of hydrogen-bond donors (Lipinski definition) is 1. The lowest BCUT2D eigenvalue weighted by Gasteiger charge is -2.11. The number of nitrogens with one attached hydrogen (secondary N) is 1. The molecule has 7 heteroatoms. The Morgan fingerprint density at radius 2 is 1.89 bits per heavy atom. The molecule has 6 nitrogen and oxygen atoms in total. The molecule has 2 aromatic carbocycles. The van der Waals surface area contributed by atoms with Crippen molar-refractivity contribution < 1.29 is 0 Å². The Morgan fingerprint density at radius 3 is 2.63 bits per heavy atom. The van der Waals surface area contributed by atoms with Crippen molar-refractivity contribution in [2.24, 2.45) is 0 Å². The van der Waals surface area contributed by atoms with Crippen molar-refractivity contribution in [2.75, 3.05) is 0 Å². The molecule has 27 heavy (non-hydrogen) atoms. The highest BCUT2D eigenvalue weighted by molar-refractivity contribution is 6.31. The lowest BCUT2D eigenvalue weighted by atomic mass is 10.0. The summed E-state index contributed by atoms with van der Waals surface area (Å²) in [6.07, 6.45) is 1.47. The minimum atomic E-state index is -0.809. The first-order chi connectivity index (χ1) is 13.2. The molecule has 1 unspecified atom stereocenters. The molecular formula is C20H14ClN5O. The summed E-state index contributed by atoms with van der Waals surface area (Å²) in [6.45, 7) is 0.307. The standard InChI is InChI=1S/C20H14ClN5O/c21-18-15(11-23-26(20(18)27)12-13-6-2-1-3-7-13)14(10-22)19-24-16-8-4-5-9-17(16)25-19/h1-9,11,14H,12H2,(H,24,25). The number of nitriles is 1. The van der Waals surface area contributed by atoms with Crippen LogP contribution in [-0.2, 0) is 6.54 Å². The molecule has 0 aliphatic heterocycles. The van der Waals surface area contributed by atoms with Crippen LogP contribution in [0.3, 0.4) is 0 Å². The van der Waals surface area contributed by atoms with Crippen molar-refractivity contribution in [3.63, 3.8) is 0 Å². The van der Waals surface area contributed by atoms with Crippen LogP contribution in [0.4, 0.5) is 0 Å². The molecule has 0 aliphatic rings. The maximum Gasteiger partial charge on any atom is 0.286 e. The summed E-state index contributed by atoms with van der Waals surface area (Å²) in [4.78, 5) is 20.2. The van der Waals surface area contributed by atoms with Crippen LogP contribution in [-0.4, -0.2) is 19.7 Å². The summed E-state index contributed by atoms with van der Waals surface area (Å²) in [5, 5.41) is 13.9. The van der Waals surface area contributed by atoms with Crippen molar-refractivity contribution in [1.82, 2.24) is 19.7 Å². The molecule has 0 bridgehead atoms. The fraction of sp³-hybridized carbons (Fsp3) is 0.100. The van der Waals surface area contributed by atoms with E-state index >= 15 is 0 Å². The molecule has 0 saturated heterocycles. The maximum atomic E-state index is 12.6. The molecule has 132 valence electrons. The van der Waals surface area contributed by atoms with E-state index in [1.165, 1.54) is 10.9 Å². The zero-order chi connectivity index (χ0) is 18.8. The van der Waals surface area contributed by atoms with E-state index in [0.29, 0.717) is 17.9 Å². The number of benzene rings is 2. The summed E-state index contributed by atoms with van der Waals surface area (Å²) in [5.74, 6) is -0.376. The Labute approximate surface area is 159 Å². The second kappa shape index (κ2) is 7.06. The van der Waals surface area contributed by atoms with Crippen molar-refractivity contribution in [3.05, 3.63) is 93.1 Å². The van der Waals surface area contributed by atoms with Crippen LogP contribution in [0.5, 0.6) is 0 Å². The van der Waals surface area contributed by atoms with E-state index in [2.05, 4.69) is 21.1 Å². The van der Waals surface area contributed by atoms with Crippen molar-refractivity contribution in [3.8, 4) is 6.07 Å². The SMILES string of the molecule is N#CC(c1nc2ccccc2[nH]1)c1cnn(Cc2ccccc2)c(=O)c1Cl. The van der Waals surface area contributed by atoms with E-state index in [0.717, 1.165) is 16.6 Å². The van der Waals surface area contributed by atoms with Gasteiger partial charge in [-0.2, -0.15) is 10.4 Å². The van der Waals surface area contributed by atoms with Gasteiger partial charge in [0.25, 0.3) is 5.56 Å². The van der Waals surface area contributed by atoms with E-state index in [1.54, 1.807) is 0 Å². The molecule has 4 rings (SSSR count). The molecule has 0 radical (unpaired) electrons. The number of aromatic amines is 1. The number of H-pyrrole nitrogens is 1. The third-order valence-electron chi connectivity index (χ3n) is 4.31. The summed E-state index contributed by atoms with van der Waals surface area (Å²) in [6, 6.07) is 19.1. The Balaban J connectivity index is 1.73. The van der Waals surface area contributed by atoms with Gasteiger partial charge in [0.1, 0.15) is 16.8 Å². The molecule has 0 spiro atoms. The first kappa shape index (κ1) is 17.0. The largest absolute Gasteiger partial charge is 0.341 e. The fourth-order valence-corrected chi connectivity index (χ4v) is 3.19. The van der Waals surface area contributed by atoms with Gasteiger partial charge in [0.15, 0.2) is 0 Å². The van der Waals surface area contributed by atoms with E-state index < -0.39 is 11.5 Å². The summed E-state index contributed by atoms with van der Waals surface area (Å²) in [5.41, 5.74) is 2.40. The highest BCUT2D eigenvalue weighted by Gasteiger charge is 2.23. The zero-order valence-corrected chi connectivity index (χ0v) is 14.9. The van der Waals surface area contributed by atoms with Crippen LogP contribution >= 0.6 is 11.6 Å². The predicted molar refractivity (Wildman–Crippen MR) is 103 cm³/mol. The molecule has 2 heterocycles. The number of rotatable bonds is 4. The Morgan fingerprint density at radius 1 is 1.15 bits per heavy atom. The minimum Gasteiger partial charge on any atom is -0.341 e. The van der Waals surface area contributed by atoms with Crippen LogP contribution in [0.1, 0.15) is 22.9 Å². The number of hydrogen-bond acceptors (Lipinski definition) is 4. The lowest BCUT2D eigenvalue weighted by Crippen LogP contribution is -2.25. The highest BCUT2D eigenvalue weighted by atomic mass is 35.5. The molecule has 0 fully saturated rings. The average molecular weight is 376 g/mol. The van der Waals surface area contributed by atoms with Crippen LogP contribution in [0.15, 0.2) is 65.6 Å². The third-order valence-corrected chi connectivity index (χ3v) is 4.69. The van der Waals surface area contributed by atoms with Gasteiger partial charge in [-0.1, -0.05) is 54.1 Å². The summed E-state index contributed by atoms with van der Waals surface area (Å²) in [7, 11) is 0. The number of imidazole rings is 1. The van der Waals surface area contributed by atoms with E-state index in [4.69, 9.17) is 11.6 Å². The van der Waals surface area contributed by atoms with Gasteiger partial charge < -0.3 is 4.98 Å². The van der Waals surface area contributed by atoms with Gasteiger partial charge in [-0.3, -0.25) is 4.79 Å². The summed E-state index contributed by atoms with van der Waals surface area (Å²) >= 11 is 6.32. The lowest BCUT2D eigenvalue weighted by molar-refractivity contribution is 0.632. The number of para-hydroxylation sites is 2. The predicted octanol–water partition coefficient (Wildman–Crippen LogP) is 3.48.